The van der Waals surface area contributed by atoms with Gasteiger partial charge in [-0.1, -0.05) is 29.3 Å². The van der Waals surface area contributed by atoms with E-state index in [4.69, 9.17) is 5.11 Å². The molecule has 0 saturated heterocycles. The number of rotatable bonds is 6. The van der Waals surface area contributed by atoms with E-state index in [-0.39, 0.29) is 12.5 Å². The van der Waals surface area contributed by atoms with E-state index in [1.165, 1.54) is 0 Å². The summed E-state index contributed by atoms with van der Waals surface area (Å²) in [5.41, 5.74) is 0.481. The van der Waals surface area contributed by atoms with Crippen LogP contribution in [0.25, 0.3) is 0 Å². The van der Waals surface area contributed by atoms with Crippen LogP contribution in [0.2, 0.25) is 0 Å². The zero-order valence-corrected chi connectivity index (χ0v) is 13.6. The summed E-state index contributed by atoms with van der Waals surface area (Å²) in [4.78, 5) is 23.0. The second kappa shape index (κ2) is 7.65. The van der Waals surface area contributed by atoms with Gasteiger partial charge >= 0.3 is 5.97 Å². The predicted octanol–water partition coefficient (Wildman–Crippen LogP) is 3.44. The number of nitrogens with one attached hydrogen (secondary N) is 1. The van der Waals surface area contributed by atoms with Gasteiger partial charge in [-0.2, -0.15) is 0 Å². The van der Waals surface area contributed by atoms with Gasteiger partial charge in [-0.3, -0.25) is 9.59 Å². The highest BCUT2D eigenvalue weighted by atomic mass is 79.9. The van der Waals surface area contributed by atoms with Crippen molar-refractivity contribution in [3.63, 3.8) is 0 Å². The number of carboxylic acid groups (broad SMARTS) is 1. The molecule has 1 aromatic rings. The average molecular weight is 393 g/mol. The Bertz CT molecular complexity index is 477. The van der Waals surface area contributed by atoms with E-state index in [0.717, 1.165) is 10.9 Å². The summed E-state index contributed by atoms with van der Waals surface area (Å²) < 4.78 is 1.47. The fourth-order valence-electron chi connectivity index (χ4n) is 1.64. The van der Waals surface area contributed by atoms with Crippen LogP contribution in [0.15, 0.2) is 27.1 Å². The van der Waals surface area contributed by atoms with E-state index in [1.54, 1.807) is 12.1 Å². The number of aliphatic carboxylic acids is 1. The Morgan fingerprint density at radius 1 is 1.37 bits per heavy atom. The highest BCUT2D eigenvalue weighted by Crippen LogP contribution is 2.21. The van der Waals surface area contributed by atoms with Gasteiger partial charge in [0.05, 0.1) is 11.5 Å². The molecule has 0 bridgehead atoms. The molecule has 0 spiro atoms. The molecule has 1 aromatic carbocycles. The molecule has 1 amide bonds. The Morgan fingerprint density at radius 3 is 2.63 bits per heavy atom. The minimum atomic E-state index is -0.879. The molecule has 2 N–H and O–H groups in total. The summed E-state index contributed by atoms with van der Waals surface area (Å²) in [6, 6.07) is 5.27. The molecule has 0 saturated carbocycles. The van der Waals surface area contributed by atoms with Crippen molar-refractivity contribution in [1.29, 1.82) is 0 Å². The standard InChI is InChI=1S/C13H15Br2NO3/c1-2-3-8(13(18)19)7-16-12(17)10-6-9(14)4-5-11(10)15/h4-6,8H,2-3,7H2,1H3,(H,16,17)(H,18,19). The molecule has 104 valence electrons. The van der Waals surface area contributed by atoms with Crippen LogP contribution in [0.4, 0.5) is 0 Å². The minimum Gasteiger partial charge on any atom is -0.481 e. The van der Waals surface area contributed by atoms with Crippen molar-refractivity contribution in [2.45, 2.75) is 19.8 Å². The number of carboxylic acids is 1. The van der Waals surface area contributed by atoms with Crippen molar-refractivity contribution in [3.8, 4) is 0 Å². The van der Waals surface area contributed by atoms with Gasteiger partial charge < -0.3 is 10.4 Å². The number of carbonyl (C=O) groups is 2. The van der Waals surface area contributed by atoms with E-state index in [9.17, 15) is 9.59 Å². The lowest BCUT2D eigenvalue weighted by atomic mass is 10.0. The first-order chi connectivity index (χ1) is 8.95. The van der Waals surface area contributed by atoms with E-state index >= 15 is 0 Å². The zero-order chi connectivity index (χ0) is 14.4. The Kier molecular flexibility index (Phi) is 6.51. The molecule has 1 unspecified atom stereocenters. The Labute approximate surface area is 128 Å². The quantitative estimate of drug-likeness (QED) is 0.779. The highest BCUT2D eigenvalue weighted by molar-refractivity contribution is 9.11. The molecule has 1 rings (SSSR count). The first kappa shape index (κ1) is 16.2. The lowest BCUT2D eigenvalue weighted by Gasteiger charge is -2.13. The van der Waals surface area contributed by atoms with Crippen LogP contribution in [0.3, 0.4) is 0 Å². The summed E-state index contributed by atoms with van der Waals surface area (Å²) in [6.45, 7) is 2.06. The van der Waals surface area contributed by atoms with Gasteiger partial charge in [-0.15, -0.1) is 0 Å². The molecular formula is C13H15Br2NO3. The third-order valence-electron chi connectivity index (χ3n) is 2.67. The molecule has 0 radical (unpaired) electrons. The molecule has 19 heavy (non-hydrogen) atoms. The smallest absolute Gasteiger partial charge is 0.308 e. The van der Waals surface area contributed by atoms with E-state index in [2.05, 4.69) is 37.2 Å². The summed E-state index contributed by atoms with van der Waals surface area (Å²) >= 11 is 6.60. The van der Waals surface area contributed by atoms with Crippen LogP contribution in [-0.4, -0.2) is 23.5 Å². The number of hydrogen-bond donors (Lipinski definition) is 2. The van der Waals surface area contributed by atoms with Gasteiger partial charge in [0.2, 0.25) is 0 Å². The van der Waals surface area contributed by atoms with Crippen molar-refractivity contribution < 1.29 is 14.7 Å². The van der Waals surface area contributed by atoms with Crippen molar-refractivity contribution in [1.82, 2.24) is 5.32 Å². The topological polar surface area (TPSA) is 66.4 Å². The van der Waals surface area contributed by atoms with Crippen LogP contribution in [-0.2, 0) is 4.79 Å². The summed E-state index contributed by atoms with van der Waals surface area (Å²) in [5.74, 6) is -1.70. The van der Waals surface area contributed by atoms with Crippen molar-refractivity contribution in [2.75, 3.05) is 6.54 Å². The first-order valence-corrected chi connectivity index (χ1v) is 7.50. The molecule has 0 aromatic heterocycles. The van der Waals surface area contributed by atoms with Crippen LogP contribution >= 0.6 is 31.9 Å². The maximum Gasteiger partial charge on any atom is 0.308 e. The maximum absolute atomic E-state index is 12.0. The third-order valence-corrected chi connectivity index (χ3v) is 3.85. The number of amides is 1. The Balaban J connectivity index is 2.69. The summed E-state index contributed by atoms with van der Waals surface area (Å²) in [5, 5.41) is 11.7. The second-order valence-corrected chi connectivity index (χ2v) is 5.93. The van der Waals surface area contributed by atoms with E-state index in [0.29, 0.717) is 16.5 Å². The Morgan fingerprint density at radius 2 is 2.05 bits per heavy atom. The number of carbonyl (C=O) groups excluding carboxylic acids is 1. The molecule has 0 aliphatic carbocycles. The summed E-state index contributed by atoms with van der Waals surface area (Å²) in [6.07, 6.45) is 1.32. The van der Waals surface area contributed by atoms with E-state index < -0.39 is 11.9 Å². The SMILES string of the molecule is CCCC(CNC(=O)c1cc(Br)ccc1Br)C(=O)O. The number of halogens is 2. The van der Waals surface area contributed by atoms with Crippen LogP contribution in [0.1, 0.15) is 30.1 Å². The van der Waals surface area contributed by atoms with Gasteiger partial charge in [0.25, 0.3) is 5.91 Å². The molecule has 6 heteroatoms. The molecule has 4 nitrogen and oxygen atoms in total. The molecule has 0 aliphatic rings. The van der Waals surface area contributed by atoms with E-state index in [1.807, 2.05) is 13.0 Å². The monoisotopic (exact) mass is 391 g/mol. The average Bonchev–Trinajstić information content (AvgIpc) is 2.36. The van der Waals surface area contributed by atoms with Gasteiger partial charge in [0.15, 0.2) is 0 Å². The predicted molar refractivity (Wildman–Crippen MR) is 80.2 cm³/mol. The fraction of sp³-hybridized carbons (Fsp3) is 0.385. The van der Waals surface area contributed by atoms with Crippen molar-refractivity contribution >= 4 is 43.7 Å². The normalized spacial score (nSPS) is 11.9. The summed E-state index contributed by atoms with van der Waals surface area (Å²) in [7, 11) is 0. The van der Waals surface area contributed by atoms with Crippen LogP contribution < -0.4 is 5.32 Å². The highest BCUT2D eigenvalue weighted by Gasteiger charge is 2.18. The van der Waals surface area contributed by atoms with Crippen molar-refractivity contribution in [3.05, 3.63) is 32.7 Å². The minimum absolute atomic E-state index is 0.140. The first-order valence-electron chi connectivity index (χ1n) is 5.91. The second-order valence-electron chi connectivity index (χ2n) is 4.16. The lowest BCUT2D eigenvalue weighted by Crippen LogP contribution is -2.33. The third kappa shape index (κ3) is 4.95. The molecular weight excluding hydrogens is 378 g/mol. The molecule has 0 heterocycles. The fourth-order valence-corrected chi connectivity index (χ4v) is 2.43. The van der Waals surface area contributed by atoms with Crippen LogP contribution in [0, 0.1) is 5.92 Å². The largest absolute Gasteiger partial charge is 0.481 e. The lowest BCUT2D eigenvalue weighted by molar-refractivity contribution is -0.141. The van der Waals surface area contributed by atoms with Gasteiger partial charge in [0, 0.05) is 15.5 Å². The van der Waals surface area contributed by atoms with Crippen molar-refractivity contribution in [2.24, 2.45) is 5.92 Å². The number of hydrogen-bond acceptors (Lipinski definition) is 2. The maximum atomic E-state index is 12.0. The molecule has 0 aliphatic heterocycles. The van der Waals surface area contributed by atoms with Crippen LogP contribution in [0.5, 0.6) is 0 Å². The molecule has 0 fully saturated rings. The number of benzene rings is 1. The van der Waals surface area contributed by atoms with Gasteiger partial charge in [-0.25, -0.2) is 0 Å². The van der Waals surface area contributed by atoms with Gasteiger partial charge in [-0.05, 0) is 40.5 Å². The Hall–Kier alpha value is -0.880. The molecule has 1 atom stereocenters. The van der Waals surface area contributed by atoms with Gasteiger partial charge in [0.1, 0.15) is 0 Å². The zero-order valence-electron chi connectivity index (χ0n) is 10.5.